The lowest BCUT2D eigenvalue weighted by Gasteiger charge is -2.33. The number of thiophene rings is 1. The summed E-state index contributed by atoms with van der Waals surface area (Å²) < 4.78 is 0. The summed E-state index contributed by atoms with van der Waals surface area (Å²) in [6, 6.07) is 0.230. The van der Waals surface area contributed by atoms with Crippen LogP contribution in [0.15, 0.2) is 11.4 Å². The number of carbonyl (C=O) groups excluding carboxylic acids is 1. The summed E-state index contributed by atoms with van der Waals surface area (Å²) >= 11 is 0.850. The predicted molar refractivity (Wildman–Crippen MR) is 66.3 cm³/mol. The molecule has 0 aliphatic carbocycles. The summed E-state index contributed by atoms with van der Waals surface area (Å²) in [6.07, 6.45) is 0. The van der Waals surface area contributed by atoms with Gasteiger partial charge in [-0.2, -0.15) is 0 Å². The Labute approximate surface area is 111 Å². The van der Waals surface area contributed by atoms with Gasteiger partial charge in [0.05, 0.1) is 10.5 Å². The van der Waals surface area contributed by atoms with Crippen LogP contribution in [-0.2, 0) is 4.79 Å². The normalized spacial score (nSPS) is 19.2. The Morgan fingerprint density at radius 1 is 1.58 bits per heavy atom. The Morgan fingerprint density at radius 2 is 2.32 bits per heavy atom. The standard InChI is InChI=1S/C10H11N3O5S/c14-9(6-3-8(13(17)18)19-5-6)12-2-1-11-4-7(12)10(15)16/h3,5,7,11H,1-2,4H2,(H,15,16). The van der Waals surface area contributed by atoms with E-state index in [4.69, 9.17) is 5.11 Å². The lowest BCUT2D eigenvalue weighted by atomic mass is 10.1. The summed E-state index contributed by atoms with van der Waals surface area (Å²) in [5, 5.41) is 23.8. The Balaban J connectivity index is 2.21. The molecular weight excluding hydrogens is 274 g/mol. The summed E-state index contributed by atoms with van der Waals surface area (Å²) in [5.41, 5.74) is 0.157. The van der Waals surface area contributed by atoms with Crippen molar-refractivity contribution in [3.8, 4) is 0 Å². The molecule has 1 atom stereocenters. The Hall–Kier alpha value is -2.00. The SMILES string of the molecule is O=C(O)C1CNCCN1C(=O)c1csc([N+](=O)[O-])c1. The molecule has 0 bridgehead atoms. The zero-order chi connectivity index (χ0) is 14.0. The van der Waals surface area contributed by atoms with Gasteiger partial charge >= 0.3 is 11.0 Å². The first kappa shape index (κ1) is 13.4. The third kappa shape index (κ3) is 2.71. The predicted octanol–water partition coefficient (Wildman–Crippen LogP) is 0.155. The molecule has 2 N–H and O–H groups in total. The zero-order valence-corrected chi connectivity index (χ0v) is 10.6. The van der Waals surface area contributed by atoms with Crippen LogP contribution in [0.2, 0.25) is 0 Å². The van der Waals surface area contributed by atoms with Crippen LogP contribution in [0, 0.1) is 10.1 Å². The number of hydrogen-bond acceptors (Lipinski definition) is 6. The number of nitrogens with zero attached hydrogens (tertiary/aromatic N) is 2. The number of nitrogens with one attached hydrogen (secondary N) is 1. The summed E-state index contributed by atoms with van der Waals surface area (Å²) in [4.78, 5) is 34.5. The second-order valence-electron chi connectivity index (χ2n) is 3.99. The maximum Gasteiger partial charge on any atom is 0.327 e. The van der Waals surface area contributed by atoms with Gasteiger partial charge in [-0.25, -0.2) is 4.79 Å². The maximum atomic E-state index is 12.2. The molecule has 1 saturated heterocycles. The van der Waals surface area contributed by atoms with Crippen molar-refractivity contribution >= 4 is 28.2 Å². The van der Waals surface area contributed by atoms with E-state index in [0.717, 1.165) is 11.3 Å². The molecule has 0 aromatic carbocycles. The van der Waals surface area contributed by atoms with Crippen molar-refractivity contribution in [3.63, 3.8) is 0 Å². The lowest BCUT2D eigenvalue weighted by molar-refractivity contribution is -0.380. The summed E-state index contributed by atoms with van der Waals surface area (Å²) in [5.74, 6) is -1.58. The average Bonchev–Trinajstić information content (AvgIpc) is 2.87. The molecular formula is C10H11N3O5S. The number of carboxylic acid groups (broad SMARTS) is 1. The van der Waals surface area contributed by atoms with Gasteiger partial charge in [0, 0.05) is 31.1 Å². The first-order valence-corrected chi connectivity index (χ1v) is 6.36. The minimum atomic E-state index is -1.09. The van der Waals surface area contributed by atoms with E-state index in [1.54, 1.807) is 0 Å². The van der Waals surface area contributed by atoms with Gasteiger partial charge in [0.25, 0.3) is 5.91 Å². The second kappa shape index (κ2) is 5.33. The molecule has 1 amide bonds. The van der Waals surface area contributed by atoms with Crippen LogP contribution in [-0.4, -0.2) is 52.5 Å². The molecule has 0 saturated carbocycles. The van der Waals surface area contributed by atoms with Crippen LogP contribution in [0.3, 0.4) is 0 Å². The van der Waals surface area contributed by atoms with Crippen molar-refractivity contribution in [1.29, 1.82) is 0 Å². The molecule has 1 fully saturated rings. The van der Waals surface area contributed by atoms with E-state index in [2.05, 4.69) is 5.32 Å². The highest BCUT2D eigenvalue weighted by atomic mass is 32.1. The van der Waals surface area contributed by atoms with Crippen molar-refractivity contribution in [2.45, 2.75) is 6.04 Å². The van der Waals surface area contributed by atoms with Gasteiger partial charge in [0.15, 0.2) is 0 Å². The largest absolute Gasteiger partial charge is 0.480 e. The average molecular weight is 285 g/mol. The third-order valence-electron chi connectivity index (χ3n) is 2.80. The van der Waals surface area contributed by atoms with Crippen molar-refractivity contribution in [3.05, 3.63) is 27.1 Å². The molecule has 1 aromatic heterocycles. The second-order valence-corrected chi connectivity index (χ2v) is 4.88. The fraction of sp³-hybridized carbons (Fsp3) is 0.400. The zero-order valence-electron chi connectivity index (χ0n) is 9.74. The molecule has 1 aliphatic rings. The number of carboxylic acids is 1. The fourth-order valence-corrected chi connectivity index (χ4v) is 2.56. The van der Waals surface area contributed by atoms with E-state index in [0.29, 0.717) is 6.54 Å². The molecule has 0 spiro atoms. The van der Waals surface area contributed by atoms with Crippen molar-refractivity contribution < 1.29 is 19.6 Å². The molecule has 1 unspecified atom stereocenters. The Kier molecular flexibility index (Phi) is 3.76. The van der Waals surface area contributed by atoms with Crippen LogP contribution in [0.25, 0.3) is 0 Å². The van der Waals surface area contributed by atoms with Crippen LogP contribution < -0.4 is 5.32 Å². The number of aliphatic carboxylic acids is 1. The van der Waals surface area contributed by atoms with Crippen molar-refractivity contribution in [2.24, 2.45) is 0 Å². The first-order chi connectivity index (χ1) is 9.00. The summed E-state index contributed by atoms with van der Waals surface area (Å²) in [6.45, 7) is 0.939. The Morgan fingerprint density at radius 3 is 2.89 bits per heavy atom. The van der Waals surface area contributed by atoms with Gasteiger partial charge < -0.3 is 15.3 Å². The van der Waals surface area contributed by atoms with Crippen LogP contribution >= 0.6 is 11.3 Å². The fourth-order valence-electron chi connectivity index (χ4n) is 1.87. The monoisotopic (exact) mass is 285 g/mol. The first-order valence-electron chi connectivity index (χ1n) is 5.48. The topological polar surface area (TPSA) is 113 Å². The molecule has 1 aromatic rings. The molecule has 19 heavy (non-hydrogen) atoms. The number of piperazine rings is 1. The van der Waals surface area contributed by atoms with Gasteiger partial charge in [-0.3, -0.25) is 14.9 Å². The van der Waals surface area contributed by atoms with Gasteiger partial charge in [-0.1, -0.05) is 11.3 Å². The number of hydrogen-bond donors (Lipinski definition) is 2. The third-order valence-corrected chi connectivity index (χ3v) is 3.68. The molecule has 1 aliphatic heterocycles. The number of rotatable bonds is 3. The number of amides is 1. The van der Waals surface area contributed by atoms with Gasteiger partial charge in [0.2, 0.25) is 0 Å². The van der Waals surface area contributed by atoms with E-state index in [1.807, 2.05) is 0 Å². The van der Waals surface area contributed by atoms with E-state index in [1.165, 1.54) is 16.3 Å². The maximum absolute atomic E-state index is 12.2. The van der Waals surface area contributed by atoms with E-state index in [9.17, 15) is 19.7 Å². The highest BCUT2D eigenvalue weighted by Gasteiger charge is 2.33. The lowest BCUT2D eigenvalue weighted by Crippen LogP contribution is -2.56. The molecule has 8 nitrogen and oxygen atoms in total. The van der Waals surface area contributed by atoms with Gasteiger partial charge in [-0.15, -0.1) is 0 Å². The van der Waals surface area contributed by atoms with E-state index < -0.39 is 22.8 Å². The number of carbonyl (C=O) groups is 2. The minimum Gasteiger partial charge on any atom is -0.480 e. The van der Waals surface area contributed by atoms with Crippen LogP contribution in [0.4, 0.5) is 5.00 Å². The van der Waals surface area contributed by atoms with Crippen LogP contribution in [0.5, 0.6) is 0 Å². The Bertz CT molecular complexity index is 529. The minimum absolute atomic E-state index is 0.134. The molecule has 2 heterocycles. The molecule has 102 valence electrons. The smallest absolute Gasteiger partial charge is 0.327 e. The highest BCUT2D eigenvalue weighted by molar-refractivity contribution is 7.13. The quantitative estimate of drug-likeness (QED) is 0.604. The van der Waals surface area contributed by atoms with Crippen molar-refractivity contribution in [2.75, 3.05) is 19.6 Å². The molecule has 0 radical (unpaired) electrons. The van der Waals surface area contributed by atoms with Gasteiger partial charge in [0.1, 0.15) is 6.04 Å². The van der Waals surface area contributed by atoms with E-state index in [-0.39, 0.29) is 23.7 Å². The summed E-state index contributed by atoms with van der Waals surface area (Å²) in [7, 11) is 0. The van der Waals surface area contributed by atoms with Crippen molar-refractivity contribution in [1.82, 2.24) is 10.2 Å². The van der Waals surface area contributed by atoms with Crippen LogP contribution in [0.1, 0.15) is 10.4 Å². The molecule has 9 heteroatoms. The number of nitro groups is 1. The highest BCUT2D eigenvalue weighted by Crippen LogP contribution is 2.24. The van der Waals surface area contributed by atoms with Gasteiger partial charge in [-0.05, 0) is 0 Å². The molecule has 2 rings (SSSR count). The van der Waals surface area contributed by atoms with E-state index >= 15 is 0 Å².